The fourth-order valence-electron chi connectivity index (χ4n) is 3.78. The minimum atomic E-state index is -3.71. The van der Waals surface area contributed by atoms with Gasteiger partial charge in [0.2, 0.25) is 10.0 Å². The molecule has 3 heterocycles. The molecule has 3 N–H and O–H groups in total. The quantitative estimate of drug-likeness (QED) is 0.320. The molecule has 3 aromatic heterocycles. The summed E-state index contributed by atoms with van der Waals surface area (Å²) in [4.78, 5) is 4.69. The molecule has 1 unspecified atom stereocenters. The van der Waals surface area contributed by atoms with Crippen LogP contribution in [0.15, 0.2) is 47.5 Å². The number of rotatable bonds is 9. The largest absolute Gasteiger partial charge is 0.385 e. The molecule has 0 saturated heterocycles. The number of benzene rings is 1. The molecule has 1 aliphatic carbocycles. The highest BCUT2D eigenvalue weighted by Crippen LogP contribution is 2.37. The number of pyridine rings is 1. The normalized spacial score (nSPS) is 15.4. The van der Waals surface area contributed by atoms with Crippen LogP contribution in [-0.2, 0) is 23.6 Å². The van der Waals surface area contributed by atoms with Gasteiger partial charge in [0.05, 0.1) is 22.7 Å². The van der Waals surface area contributed by atoms with Crippen LogP contribution in [-0.4, -0.2) is 45.0 Å². The van der Waals surface area contributed by atoms with Gasteiger partial charge in [-0.05, 0) is 49.2 Å². The van der Waals surface area contributed by atoms with Crippen molar-refractivity contribution in [1.29, 1.82) is 0 Å². The number of sulfonamides is 1. The first-order valence-corrected chi connectivity index (χ1v) is 13.3. The van der Waals surface area contributed by atoms with Crippen LogP contribution in [0, 0.1) is 0 Å². The molecular weight excluding hydrogens is 474 g/mol. The van der Waals surface area contributed by atoms with Crippen molar-refractivity contribution in [3.05, 3.63) is 58.3 Å². The highest BCUT2D eigenvalue weighted by atomic mass is 32.2. The first-order valence-electron chi connectivity index (χ1n) is 11.0. The molecular formula is C22H25N7O3S2. The first kappa shape index (κ1) is 22.8. The lowest BCUT2D eigenvalue weighted by molar-refractivity contribution is 0.181. The molecule has 10 nitrogen and oxygen atoms in total. The number of aromatic nitrogens is 5. The van der Waals surface area contributed by atoms with Crippen LogP contribution in [0.4, 0.5) is 5.82 Å². The summed E-state index contributed by atoms with van der Waals surface area (Å²) in [5, 5.41) is 28.2. The van der Waals surface area contributed by atoms with Gasteiger partial charge in [-0.15, -0.1) is 10.2 Å². The van der Waals surface area contributed by atoms with Crippen molar-refractivity contribution in [3.8, 4) is 0 Å². The van der Waals surface area contributed by atoms with Crippen molar-refractivity contribution in [2.24, 2.45) is 7.05 Å². The number of aliphatic hydroxyl groups is 1. The third kappa shape index (κ3) is 4.80. The van der Waals surface area contributed by atoms with E-state index in [4.69, 9.17) is 0 Å². The molecule has 0 amide bonds. The smallest absolute Gasteiger partial charge is 0.240 e. The average Bonchev–Trinajstić information content (AvgIpc) is 3.43. The maximum atomic E-state index is 12.8. The molecule has 0 bridgehead atoms. The molecule has 34 heavy (non-hydrogen) atoms. The fourth-order valence-corrected chi connectivity index (χ4v) is 5.85. The van der Waals surface area contributed by atoms with E-state index in [9.17, 15) is 13.5 Å². The maximum Gasteiger partial charge on any atom is 0.240 e. The monoisotopic (exact) mass is 499 g/mol. The summed E-state index contributed by atoms with van der Waals surface area (Å²) in [7, 11) is -1.94. The Labute approximate surface area is 201 Å². The van der Waals surface area contributed by atoms with E-state index in [1.54, 1.807) is 48.3 Å². The molecule has 0 spiro atoms. The molecule has 0 radical (unpaired) electrons. The van der Waals surface area contributed by atoms with E-state index < -0.39 is 16.1 Å². The number of anilines is 1. The second-order valence-corrected chi connectivity index (χ2v) is 11.2. The van der Waals surface area contributed by atoms with Crippen molar-refractivity contribution in [2.45, 2.75) is 42.7 Å². The van der Waals surface area contributed by atoms with Crippen molar-refractivity contribution >= 4 is 38.1 Å². The summed E-state index contributed by atoms with van der Waals surface area (Å²) in [6.07, 6.45) is 4.38. The molecule has 5 rings (SSSR count). The van der Waals surface area contributed by atoms with Crippen LogP contribution in [0.2, 0.25) is 0 Å². The Morgan fingerprint density at radius 1 is 1.21 bits per heavy atom. The van der Waals surface area contributed by atoms with E-state index in [0.29, 0.717) is 33.3 Å². The Balaban J connectivity index is 1.24. The second-order valence-electron chi connectivity index (χ2n) is 8.31. The number of nitrogens with one attached hydrogen (secondary N) is 2. The van der Waals surface area contributed by atoms with Gasteiger partial charge in [0, 0.05) is 31.1 Å². The molecule has 1 saturated carbocycles. The van der Waals surface area contributed by atoms with Crippen LogP contribution < -0.4 is 10.0 Å². The van der Waals surface area contributed by atoms with Gasteiger partial charge < -0.3 is 10.4 Å². The second kappa shape index (κ2) is 9.37. The summed E-state index contributed by atoms with van der Waals surface area (Å²) in [6, 6.07) is 10.1. The summed E-state index contributed by atoms with van der Waals surface area (Å²) >= 11 is 1.47. The molecule has 12 heteroatoms. The molecule has 0 aliphatic heterocycles. The number of hydrogen-bond acceptors (Lipinski definition) is 9. The van der Waals surface area contributed by atoms with Gasteiger partial charge in [-0.2, -0.15) is 5.10 Å². The van der Waals surface area contributed by atoms with Gasteiger partial charge in [0.15, 0.2) is 0 Å². The third-order valence-electron chi connectivity index (χ3n) is 6.00. The number of fused-ring (bicyclic) bond motifs is 1. The lowest BCUT2D eigenvalue weighted by atomic mass is 9.86. The summed E-state index contributed by atoms with van der Waals surface area (Å²) in [5.41, 5.74) is 1.34. The molecule has 1 aliphatic rings. The lowest BCUT2D eigenvalue weighted by Gasteiger charge is -2.21. The molecule has 4 aromatic rings. The minimum absolute atomic E-state index is 0.116. The summed E-state index contributed by atoms with van der Waals surface area (Å²) < 4.78 is 29.9. The van der Waals surface area contributed by atoms with Crippen molar-refractivity contribution in [1.82, 2.24) is 29.7 Å². The Kier molecular flexibility index (Phi) is 6.30. The van der Waals surface area contributed by atoms with Crippen LogP contribution in [0.25, 0.3) is 10.9 Å². The molecule has 1 fully saturated rings. The highest BCUT2D eigenvalue weighted by molar-refractivity contribution is 7.89. The van der Waals surface area contributed by atoms with Gasteiger partial charge >= 0.3 is 0 Å². The van der Waals surface area contributed by atoms with Gasteiger partial charge in [0.25, 0.3) is 0 Å². The number of nitrogens with zero attached hydrogens (tertiary/aromatic N) is 5. The zero-order chi connectivity index (χ0) is 23.7. The highest BCUT2D eigenvalue weighted by Gasteiger charge is 2.24. The standard InChI is InChI=1S/C22H25N7O3S2/c1-29-18(9-10-24-29)19(30)12-23-20-8-5-15-11-16(6-7-17(15)26-20)34(31,32)25-13-21-27-28-22(33-21)14-3-2-4-14/h5-11,14,19,25,30H,2-4,12-13H2,1H3,(H,23,26). The predicted octanol–water partition coefficient (Wildman–Crippen LogP) is 2.71. The molecule has 1 aromatic carbocycles. The predicted molar refractivity (Wildman–Crippen MR) is 129 cm³/mol. The summed E-state index contributed by atoms with van der Waals surface area (Å²) in [5.74, 6) is 1.06. The number of aliphatic hydroxyl groups excluding tert-OH is 1. The van der Waals surface area contributed by atoms with Crippen molar-refractivity contribution in [2.75, 3.05) is 11.9 Å². The zero-order valence-electron chi connectivity index (χ0n) is 18.5. The van der Waals surface area contributed by atoms with Gasteiger partial charge in [-0.3, -0.25) is 4.68 Å². The van der Waals surface area contributed by atoms with E-state index in [2.05, 4.69) is 30.3 Å². The van der Waals surface area contributed by atoms with Crippen LogP contribution in [0.3, 0.4) is 0 Å². The van der Waals surface area contributed by atoms with Gasteiger partial charge in [-0.1, -0.05) is 17.8 Å². The Bertz CT molecular complexity index is 1410. The third-order valence-corrected chi connectivity index (χ3v) is 8.48. The van der Waals surface area contributed by atoms with Crippen LogP contribution in [0.1, 0.15) is 47.0 Å². The van der Waals surface area contributed by atoms with Gasteiger partial charge in [0.1, 0.15) is 21.9 Å². The molecule has 1 atom stereocenters. The van der Waals surface area contributed by atoms with E-state index in [-0.39, 0.29) is 18.0 Å². The van der Waals surface area contributed by atoms with Crippen molar-refractivity contribution < 1.29 is 13.5 Å². The van der Waals surface area contributed by atoms with Crippen molar-refractivity contribution in [3.63, 3.8) is 0 Å². The Morgan fingerprint density at radius 2 is 2.06 bits per heavy atom. The van der Waals surface area contributed by atoms with E-state index in [1.165, 1.54) is 23.8 Å². The number of aryl methyl sites for hydroxylation is 1. The lowest BCUT2D eigenvalue weighted by Crippen LogP contribution is -2.23. The average molecular weight is 500 g/mol. The van der Waals surface area contributed by atoms with E-state index in [1.807, 2.05) is 0 Å². The van der Waals surface area contributed by atoms with Gasteiger partial charge in [-0.25, -0.2) is 18.1 Å². The topological polar surface area (TPSA) is 135 Å². The van der Waals surface area contributed by atoms with E-state index in [0.717, 1.165) is 17.8 Å². The Hall–Kier alpha value is -2.93. The van der Waals surface area contributed by atoms with Crippen LogP contribution >= 0.6 is 11.3 Å². The fraction of sp³-hybridized carbons (Fsp3) is 0.364. The first-order chi connectivity index (χ1) is 16.4. The molecule has 178 valence electrons. The maximum absolute atomic E-state index is 12.8. The minimum Gasteiger partial charge on any atom is -0.385 e. The van der Waals surface area contributed by atoms with E-state index >= 15 is 0 Å². The SMILES string of the molecule is Cn1nccc1C(O)CNc1ccc2cc(S(=O)(=O)NCc3nnc(C4CCC4)s3)ccc2n1. The summed E-state index contributed by atoms with van der Waals surface area (Å²) in [6.45, 7) is 0.382. The number of hydrogen-bond donors (Lipinski definition) is 3. The van der Waals surface area contributed by atoms with Crippen LogP contribution in [0.5, 0.6) is 0 Å². The Morgan fingerprint density at radius 3 is 2.79 bits per heavy atom. The zero-order valence-corrected chi connectivity index (χ0v) is 20.2.